The van der Waals surface area contributed by atoms with Gasteiger partial charge in [0.15, 0.2) is 5.60 Å². The molecule has 0 radical (unpaired) electrons. The molecule has 1 aliphatic rings. The molecule has 0 unspecified atom stereocenters. The van der Waals surface area contributed by atoms with Crippen LogP contribution in [0.3, 0.4) is 0 Å². The molecule has 30 heavy (non-hydrogen) atoms. The second-order valence-corrected chi connectivity index (χ2v) is 8.55. The average Bonchev–Trinajstić information content (AvgIpc) is 3.01. The highest BCUT2D eigenvalue weighted by molar-refractivity contribution is 6.33. The fourth-order valence-electron chi connectivity index (χ4n) is 3.90. The lowest BCUT2D eigenvalue weighted by Crippen LogP contribution is -2.30. The molecule has 3 aromatic rings. The summed E-state index contributed by atoms with van der Waals surface area (Å²) < 4.78 is 6.12. The van der Waals surface area contributed by atoms with Crippen LogP contribution in [0.5, 0.6) is 0 Å². The monoisotopic (exact) mass is 440 g/mol. The molecule has 6 heteroatoms. The van der Waals surface area contributed by atoms with Gasteiger partial charge < -0.3 is 14.5 Å². The fourth-order valence-corrected chi connectivity index (χ4v) is 4.51. The van der Waals surface area contributed by atoms with Gasteiger partial charge in [-0.2, -0.15) is 0 Å². The third kappa shape index (κ3) is 3.11. The SMILES string of the molecule is CN(C)c1ccc(C2(c3ccc(N(C)C)cc3Cl)OC(=O)c3ccccc32)c(Cl)c1. The van der Waals surface area contributed by atoms with Gasteiger partial charge in [-0.3, -0.25) is 0 Å². The van der Waals surface area contributed by atoms with Gasteiger partial charge in [0.2, 0.25) is 0 Å². The van der Waals surface area contributed by atoms with Gasteiger partial charge in [-0.1, -0.05) is 53.5 Å². The summed E-state index contributed by atoms with van der Waals surface area (Å²) in [6.45, 7) is 0. The molecule has 0 saturated heterocycles. The molecular weight excluding hydrogens is 419 g/mol. The summed E-state index contributed by atoms with van der Waals surface area (Å²) in [7, 11) is 7.79. The van der Waals surface area contributed by atoms with E-state index in [0.717, 1.165) is 16.9 Å². The first-order chi connectivity index (χ1) is 14.3. The van der Waals surface area contributed by atoms with Gasteiger partial charge >= 0.3 is 5.97 Å². The van der Waals surface area contributed by atoms with Gasteiger partial charge in [-0.05, 0) is 30.3 Å². The van der Waals surface area contributed by atoms with Crippen LogP contribution in [0, 0.1) is 0 Å². The lowest BCUT2D eigenvalue weighted by molar-refractivity contribution is 0.0252. The van der Waals surface area contributed by atoms with Crippen LogP contribution in [-0.4, -0.2) is 34.2 Å². The van der Waals surface area contributed by atoms with E-state index in [0.29, 0.717) is 26.7 Å². The summed E-state index contributed by atoms with van der Waals surface area (Å²) in [5, 5.41) is 0.997. The zero-order chi connectivity index (χ0) is 21.6. The lowest BCUT2D eigenvalue weighted by Gasteiger charge is -2.32. The van der Waals surface area contributed by atoms with Crippen LogP contribution in [0.4, 0.5) is 11.4 Å². The quantitative estimate of drug-likeness (QED) is 0.495. The molecule has 154 valence electrons. The number of benzene rings is 3. The molecule has 0 atom stereocenters. The van der Waals surface area contributed by atoms with E-state index in [-0.39, 0.29) is 0 Å². The zero-order valence-electron chi connectivity index (χ0n) is 17.2. The standard InChI is InChI=1S/C24H22Cl2N2O2/c1-27(2)15-9-11-19(21(25)13-15)24(18-8-6-5-7-17(18)23(29)30-24)20-12-10-16(28(3)4)14-22(20)26/h5-14H,1-4H3. The highest BCUT2D eigenvalue weighted by Gasteiger charge is 2.50. The largest absolute Gasteiger partial charge is 0.440 e. The van der Waals surface area contributed by atoms with Crippen molar-refractivity contribution in [2.45, 2.75) is 5.60 Å². The van der Waals surface area contributed by atoms with Gasteiger partial charge in [0, 0.05) is 56.3 Å². The molecule has 0 fully saturated rings. The number of carbonyl (C=O) groups excluding carboxylic acids is 1. The predicted octanol–water partition coefficient (Wildman–Crippen LogP) is 5.59. The summed E-state index contributed by atoms with van der Waals surface area (Å²) in [6.07, 6.45) is 0. The van der Waals surface area contributed by atoms with Gasteiger partial charge in [0.05, 0.1) is 15.6 Å². The van der Waals surface area contributed by atoms with Gasteiger partial charge in [0.25, 0.3) is 0 Å². The van der Waals surface area contributed by atoms with Crippen molar-refractivity contribution in [3.8, 4) is 0 Å². The number of rotatable bonds is 4. The molecular formula is C24H22Cl2N2O2. The van der Waals surface area contributed by atoms with Crippen LogP contribution in [-0.2, 0) is 10.3 Å². The first kappa shape index (κ1) is 20.6. The predicted molar refractivity (Wildman–Crippen MR) is 123 cm³/mol. The Morgan fingerprint density at radius 3 is 1.70 bits per heavy atom. The smallest absolute Gasteiger partial charge is 0.340 e. The molecule has 0 saturated carbocycles. The number of cyclic esters (lactones) is 1. The highest BCUT2D eigenvalue weighted by atomic mass is 35.5. The Labute approximate surface area is 186 Å². The van der Waals surface area contributed by atoms with Crippen molar-refractivity contribution in [3.63, 3.8) is 0 Å². The molecule has 4 rings (SSSR count). The normalized spacial score (nSPS) is 14.3. The van der Waals surface area contributed by atoms with Crippen LogP contribution in [0.1, 0.15) is 27.0 Å². The first-order valence-electron chi connectivity index (χ1n) is 9.53. The van der Waals surface area contributed by atoms with E-state index >= 15 is 0 Å². The molecule has 0 spiro atoms. The third-order valence-electron chi connectivity index (χ3n) is 5.47. The maximum Gasteiger partial charge on any atom is 0.340 e. The number of carbonyl (C=O) groups is 1. The van der Waals surface area contributed by atoms with E-state index in [2.05, 4.69) is 0 Å². The number of fused-ring (bicyclic) bond motifs is 1. The van der Waals surface area contributed by atoms with E-state index < -0.39 is 11.6 Å². The number of esters is 1. The van der Waals surface area contributed by atoms with E-state index in [4.69, 9.17) is 27.9 Å². The summed E-state index contributed by atoms with van der Waals surface area (Å²) in [4.78, 5) is 16.8. The molecule has 4 nitrogen and oxygen atoms in total. The van der Waals surface area contributed by atoms with Gasteiger partial charge in [0.1, 0.15) is 0 Å². The molecule has 1 heterocycles. The van der Waals surface area contributed by atoms with E-state index in [1.54, 1.807) is 6.07 Å². The van der Waals surface area contributed by atoms with Gasteiger partial charge in [-0.15, -0.1) is 0 Å². The zero-order valence-corrected chi connectivity index (χ0v) is 18.8. The van der Waals surface area contributed by atoms with E-state index in [9.17, 15) is 4.79 Å². The average molecular weight is 441 g/mol. The Kier molecular flexibility index (Phi) is 5.16. The van der Waals surface area contributed by atoms with Crippen molar-refractivity contribution in [2.24, 2.45) is 0 Å². The Morgan fingerprint density at radius 1 is 0.733 bits per heavy atom. The Balaban J connectivity index is 2.03. The molecule has 0 amide bonds. The lowest BCUT2D eigenvalue weighted by atomic mass is 9.79. The highest BCUT2D eigenvalue weighted by Crippen LogP contribution is 2.51. The van der Waals surface area contributed by atoms with Crippen molar-refractivity contribution >= 4 is 40.5 Å². The minimum Gasteiger partial charge on any atom is -0.440 e. The van der Waals surface area contributed by atoms with Crippen molar-refractivity contribution in [3.05, 3.63) is 93.0 Å². The second kappa shape index (κ2) is 7.53. The van der Waals surface area contributed by atoms with Gasteiger partial charge in [-0.25, -0.2) is 4.79 Å². The number of anilines is 2. The van der Waals surface area contributed by atoms with Crippen molar-refractivity contribution in [2.75, 3.05) is 38.0 Å². The molecule has 0 aliphatic carbocycles. The van der Waals surface area contributed by atoms with Crippen LogP contribution in [0.2, 0.25) is 10.0 Å². The number of hydrogen-bond donors (Lipinski definition) is 0. The topological polar surface area (TPSA) is 32.8 Å². The molecule has 3 aromatic carbocycles. The van der Waals surface area contributed by atoms with E-state index in [1.807, 2.05) is 92.6 Å². The molecule has 0 bridgehead atoms. The summed E-state index contributed by atoms with van der Waals surface area (Å²) in [5.74, 6) is -0.397. The molecule has 0 N–H and O–H groups in total. The van der Waals surface area contributed by atoms with Crippen LogP contribution >= 0.6 is 23.2 Å². The van der Waals surface area contributed by atoms with E-state index in [1.165, 1.54) is 0 Å². The number of hydrogen-bond acceptors (Lipinski definition) is 4. The van der Waals surface area contributed by atoms with Crippen LogP contribution < -0.4 is 9.80 Å². The molecule has 1 aliphatic heterocycles. The summed E-state index contributed by atoms with van der Waals surface area (Å²) in [6, 6.07) is 18.8. The minimum atomic E-state index is -1.22. The maximum atomic E-state index is 12.9. The number of halogens is 2. The summed E-state index contributed by atoms with van der Waals surface area (Å²) >= 11 is 13.5. The first-order valence-corrected chi connectivity index (χ1v) is 10.3. The Morgan fingerprint density at radius 2 is 1.23 bits per heavy atom. The Bertz CT molecular complexity index is 1080. The second-order valence-electron chi connectivity index (χ2n) is 7.73. The Hall–Kier alpha value is -2.69. The van der Waals surface area contributed by atoms with Crippen molar-refractivity contribution in [1.82, 2.24) is 0 Å². The number of nitrogens with zero attached hydrogens (tertiary/aromatic N) is 2. The molecule has 0 aromatic heterocycles. The van der Waals surface area contributed by atoms with Crippen molar-refractivity contribution < 1.29 is 9.53 Å². The third-order valence-corrected chi connectivity index (χ3v) is 6.09. The van der Waals surface area contributed by atoms with Crippen LogP contribution in [0.25, 0.3) is 0 Å². The fraction of sp³-hybridized carbons (Fsp3) is 0.208. The van der Waals surface area contributed by atoms with Crippen LogP contribution in [0.15, 0.2) is 60.7 Å². The van der Waals surface area contributed by atoms with Crippen molar-refractivity contribution in [1.29, 1.82) is 0 Å². The number of ether oxygens (including phenoxy) is 1. The minimum absolute atomic E-state index is 0.397. The maximum absolute atomic E-state index is 12.9. The summed E-state index contributed by atoms with van der Waals surface area (Å²) in [5.41, 5.74) is 3.26.